The predicted molar refractivity (Wildman–Crippen MR) is 98.3 cm³/mol. The smallest absolute Gasteiger partial charge is 0.278 e. The number of carbonyl (C=O) groups is 1. The van der Waals surface area contributed by atoms with Gasteiger partial charge in [0.05, 0.1) is 31.2 Å². The van der Waals surface area contributed by atoms with Crippen molar-refractivity contribution in [1.82, 2.24) is 14.2 Å². The first kappa shape index (κ1) is 17.8. The number of halogens is 1. The van der Waals surface area contributed by atoms with E-state index < -0.39 is 0 Å². The van der Waals surface area contributed by atoms with E-state index in [0.717, 1.165) is 34.9 Å². The van der Waals surface area contributed by atoms with Crippen molar-refractivity contribution in [2.45, 2.75) is 0 Å². The van der Waals surface area contributed by atoms with E-state index in [-0.39, 0.29) is 12.5 Å². The molecule has 2 heterocycles. The summed E-state index contributed by atoms with van der Waals surface area (Å²) in [7, 11) is 0. The van der Waals surface area contributed by atoms with Crippen molar-refractivity contribution in [3.8, 4) is 5.88 Å². The molecule has 1 fully saturated rings. The highest BCUT2D eigenvalue weighted by Gasteiger charge is 2.20. The maximum atomic E-state index is 11.8. The topological polar surface area (TPSA) is 88.9 Å². The first-order valence-electron chi connectivity index (χ1n) is 7.58. The summed E-state index contributed by atoms with van der Waals surface area (Å²) in [4.78, 5) is 13.9. The van der Waals surface area contributed by atoms with Gasteiger partial charge in [-0.1, -0.05) is 28.1 Å². The zero-order valence-electron chi connectivity index (χ0n) is 13.2. The van der Waals surface area contributed by atoms with Gasteiger partial charge in [0.2, 0.25) is 5.82 Å². The van der Waals surface area contributed by atoms with Crippen LogP contribution in [-0.2, 0) is 9.53 Å². The third-order valence-corrected chi connectivity index (χ3v) is 4.34. The lowest BCUT2D eigenvalue weighted by Crippen LogP contribution is -2.36. The number of hydrogen-bond acceptors (Lipinski definition) is 8. The molecule has 1 N–H and O–H groups in total. The lowest BCUT2D eigenvalue weighted by Gasteiger charge is -2.26. The van der Waals surface area contributed by atoms with Crippen LogP contribution in [-0.4, -0.2) is 53.8 Å². The van der Waals surface area contributed by atoms with Crippen LogP contribution in [0.4, 0.5) is 5.82 Å². The van der Waals surface area contributed by atoms with E-state index in [9.17, 15) is 4.79 Å². The molecule has 0 atom stereocenters. The summed E-state index contributed by atoms with van der Waals surface area (Å²) >= 11 is 4.43. The van der Waals surface area contributed by atoms with Crippen LogP contribution < -0.4 is 15.1 Å². The van der Waals surface area contributed by atoms with Crippen molar-refractivity contribution in [1.29, 1.82) is 0 Å². The molecule has 1 amide bonds. The largest absolute Gasteiger partial charge is 0.464 e. The van der Waals surface area contributed by atoms with Crippen molar-refractivity contribution in [2.75, 3.05) is 37.8 Å². The first-order valence-corrected chi connectivity index (χ1v) is 9.10. The number of ether oxygens (including phenoxy) is 2. The normalized spacial score (nSPS) is 14.7. The van der Waals surface area contributed by atoms with Crippen LogP contribution >= 0.6 is 27.7 Å². The standard InChI is InChI=1S/C15H16BrN5O3S/c16-12-3-1-2-11(8-12)9-17-18-13(22)10-24-15-14(19-25-20-15)21-4-6-23-7-5-21/h1-3,8-9H,4-7,10H2,(H,18,22). The average Bonchev–Trinajstić information content (AvgIpc) is 3.09. The molecule has 10 heteroatoms. The van der Waals surface area contributed by atoms with Gasteiger partial charge >= 0.3 is 0 Å². The highest BCUT2D eigenvalue weighted by atomic mass is 79.9. The summed E-state index contributed by atoms with van der Waals surface area (Å²) in [6.07, 6.45) is 1.56. The third kappa shape index (κ3) is 5.21. The minimum Gasteiger partial charge on any atom is -0.464 e. The maximum absolute atomic E-state index is 11.8. The van der Waals surface area contributed by atoms with Crippen LogP contribution in [0.2, 0.25) is 0 Å². The van der Waals surface area contributed by atoms with Crippen LogP contribution in [0.5, 0.6) is 5.88 Å². The summed E-state index contributed by atoms with van der Waals surface area (Å²) in [5, 5.41) is 3.91. The Morgan fingerprint density at radius 3 is 3.08 bits per heavy atom. The number of hydrazone groups is 1. The fourth-order valence-corrected chi connectivity index (χ4v) is 3.10. The molecule has 1 aromatic carbocycles. The summed E-state index contributed by atoms with van der Waals surface area (Å²) in [5.74, 6) is 0.643. The van der Waals surface area contributed by atoms with Gasteiger partial charge < -0.3 is 14.4 Å². The first-order chi connectivity index (χ1) is 12.2. The molecule has 132 valence electrons. The zero-order chi connectivity index (χ0) is 17.5. The zero-order valence-corrected chi connectivity index (χ0v) is 15.6. The molecule has 0 unspecified atom stereocenters. The van der Waals surface area contributed by atoms with Crippen molar-refractivity contribution < 1.29 is 14.3 Å². The molecular formula is C15H16BrN5O3S. The molecule has 1 aliphatic rings. The highest BCUT2D eigenvalue weighted by molar-refractivity contribution is 9.10. The van der Waals surface area contributed by atoms with E-state index in [0.29, 0.717) is 24.9 Å². The fourth-order valence-electron chi connectivity index (χ4n) is 2.17. The SMILES string of the molecule is O=C(COc1nsnc1N1CCOCC1)NN=Cc1cccc(Br)c1. The van der Waals surface area contributed by atoms with Crippen molar-refractivity contribution in [3.05, 3.63) is 34.3 Å². The fraction of sp³-hybridized carbons (Fsp3) is 0.333. The Bertz CT molecular complexity index is 748. The van der Waals surface area contributed by atoms with Gasteiger partial charge in [0.15, 0.2) is 6.61 Å². The van der Waals surface area contributed by atoms with E-state index in [1.807, 2.05) is 29.2 Å². The minimum absolute atomic E-state index is 0.182. The monoisotopic (exact) mass is 425 g/mol. The number of benzene rings is 1. The lowest BCUT2D eigenvalue weighted by atomic mass is 10.2. The Labute approximate surface area is 157 Å². The van der Waals surface area contributed by atoms with Gasteiger partial charge in [0, 0.05) is 17.6 Å². The molecule has 8 nitrogen and oxygen atoms in total. The summed E-state index contributed by atoms with van der Waals surface area (Å²) in [6.45, 7) is 2.55. The Morgan fingerprint density at radius 1 is 1.44 bits per heavy atom. The molecule has 0 saturated carbocycles. The molecule has 0 aliphatic carbocycles. The molecule has 0 radical (unpaired) electrons. The van der Waals surface area contributed by atoms with Crippen molar-refractivity contribution in [3.63, 3.8) is 0 Å². The quantitative estimate of drug-likeness (QED) is 0.559. The maximum Gasteiger partial charge on any atom is 0.278 e. The van der Waals surface area contributed by atoms with E-state index in [1.165, 1.54) is 0 Å². The van der Waals surface area contributed by atoms with E-state index >= 15 is 0 Å². The molecule has 3 rings (SSSR count). The Morgan fingerprint density at radius 2 is 2.28 bits per heavy atom. The number of nitrogens with zero attached hydrogens (tertiary/aromatic N) is 4. The van der Waals surface area contributed by atoms with E-state index in [2.05, 4.69) is 35.2 Å². The number of anilines is 1. The van der Waals surface area contributed by atoms with Gasteiger partial charge in [-0.15, -0.1) is 4.37 Å². The Kier molecular flexibility index (Phi) is 6.31. The number of amides is 1. The molecule has 2 aromatic rings. The van der Waals surface area contributed by atoms with Gasteiger partial charge in [-0.2, -0.15) is 9.47 Å². The molecule has 0 spiro atoms. The van der Waals surface area contributed by atoms with Crippen molar-refractivity contribution in [2.24, 2.45) is 5.10 Å². The number of aromatic nitrogens is 2. The second kappa shape index (κ2) is 8.88. The second-order valence-electron chi connectivity index (χ2n) is 5.13. The van der Waals surface area contributed by atoms with E-state index in [4.69, 9.17) is 9.47 Å². The van der Waals surface area contributed by atoms with Gasteiger partial charge in [0.25, 0.3) is 11.8 Å². The molecule has 0 bridgehead atoms. The van der Waals surface area contributed by atoms with Crippen LogP contribution in [0.3, 0.4) is 0 Å². The Balaban J connectivity index is 1.48. The molecule has 1 aliphatic heterocycles. The summed E-state index contributed by atoms with van der Waals surface area (Å²) < 4.78 is 20.1. The molecule has 25 heavy (non-hydrogen) atoms. The molecule has 1 aromatic heterocycles. The number of carbonyl (C=O) groups excluding carboxylic acids is 1. The van der Waals surface area contributed by atoms with Gasteiger partial charge in [-0.05, 0) is 17.7 Å². The lowest BCUT2D eigenvalue weighted by molar-refractivity contribution is -0.123. The van der Waals surface area contributed by atoms with Crippen LogP contribution in [0.1, 0.15) is 5.56 Å². The van der Waals surface area contributed by atoms with E-state index in [1.54, 1.807) is 6.21 Å². The second-order valence-corrected chi connectivity index (χ2v) is 6.57. The summed E-state index contributed by atoms with van der Waals surface area (Å²) in [6, 6.07) is 7.57. The minimum atomic E-state index is -0.368. The number of rotatable bonds is 6. The van der Waals surface area contributed by atoms with Gasteiger partial charge in [-0.3, -0.25) is 4.79 Å². The average molecular weight is 426 g/mol. The number of morpholine rings is 1. The molecule has 1 saturated heterocycles. The summed E-state index contributed by atoms with van der Waals surface area (Å²) in [5.41, 5.74) is 3.29. The van der Waals surface area contributed by atoms with Crippen LogP contribution in [0.25, 0.3) is 0 Å². The van der Waals surface area contributed by atoms with Crippen LogP contribution in [0, 0.1) is 0 Å². The van der Waals surface area contributed by atoms with Gasteiger partial charge in [0.1, 0.15) is 0 Å². The predicted octanol–water partition coefficient (Wildman–Crippen LogP) is 1.67. The highest BCUT2D eigenvalue weighted by Crippen LogP contribution is 2.26. The van der Waals surface area contributed by atoms with Crippen LogP contribution in [0.15, 0.2) is 33.8 Å². The third-order valence-electron chi connectivity index (χ3n) is 3.34. The van der Waals surface area contributed by atoms with Crippen molar-refractivity contribution >= 4 is 45.6 Å². The number of nitrogens with one attached hydrogen (secondary N) is 1. The Hall–Kier alpha value is -2.04. The molecular weight excluding hydrogens is 410 g/mol. The number of hydrogen-bond donors (Lipinski definition) is 1. The van der Waals surface area contributed by atoms with Gasteiger partial charge in [-0.25, -0.2) is 5.43 Å².